The summed E-state index contributed by atoms with van der Waals surface area (Å²) in [4.78, 5) is 4.66. The number of benzene rings is 1. The zero-order valence-electron chi connectivity index (χ0n) is 19.8. The lowest BCUT2D eigenvalue weighted by Gasteiger charge is -2.27. The highest BCUT2D eigenvalue weighted by molar-refractivity contribution is 7.90. The van der Waals surface area contributed by atoms with Crippen LogP contribution < -0.4 is 0 Å². The second kappa shape index (κ2) is 8.44. The van der Waals surface area contributed by atoms with Gasteiger partial charge in [-0.15, -0.1) is 10.2 Å². The van der Waals surface area contributed by atoms with E-state index < -0.39 is 15.8 Å². The summed E-state index contributed by atoms with van der Waals surface area (Å²) in [6.07, 6.45) is 5.48. The van der Waals surface area contributed by atoms with Crippen LogP contribution in [0, 0.1) is 12.8 Å². The van der Waals surface area contributed by atoms with Crippen LogP contribution in [-0.2, 0) is 19.5 Å². The average molecular weight is 484 g/mol. The van der Waals surface area contributed by atoms with Crippen molar-refractivity contribution in [1.82, 2.24) is 23.6 Å². The monoisotopic (exact) mass is 483 g/mol. The molecule has 0 N–H and O–H groups in total. The summed E-state index contributed by atoms with van der Waals surface area (Å²) >= 11 is 0. The number of aryl methyl sites for hydroxylation is 1. The second-order valence-corrected chi connectivity index (χ2v) is 10.7. The average Bonchev–Trinajstić information content (AvgIpc) is 3.54. The summed E-state index contributed by atoms with van der Waals surface area (Å²) in [5.41, 5.74) is 2.55. The van der Waals surface area contributed by atoms with Crippen LogP contribution in [0.5, 0.6) is 0 Å². The molecule has 9 nitrogen and oxygen atoms in total. The number of aromatic nitrogens is 5. The molecule has 3 aromatic heterocycles. The Labute approximate surface area is 198 Å². The Morgan fingerprint density at radius 3 is 2.56 bits per heavy atom. The van der Waals surface area contributed by atoms with Crippen molar-refractivity contribution in [2.45, 2.75) is 56.6 Å². The van der Waals surface area contributed by atoms with Gasteiger partial charge in [0.05, 0.1) is 16.6 Å². The number of rotatable bonds is 7. The number of hydrogen-bond donors (Lipinski definition) is 0. The Hall–Kier alpha value is -2.82. The van der Waals surface area contributed by atoms with E-state index in [9.17, 15) is 8.42 Å². The van der Waals surface area contributed by atoms with Gasteiger partial charge in [-0.2, -0.15) is 0 Å². The van der Waals surface area contributed by atoms with Crippen molar-refractivity contribution >= 4 is 26.8 Å². The SMILES string of the molecule is CCOC1(OC)CC(CC)C(c2nnc3cnc4c(ccn4S(=O)(=O)c4ccc(C)cc4)n23)C1. The number of ether oxygens (including phenoxy) is 2. The van der Waals surface area contributed by atoms with E-state index in [4.69, 9.17) is 9.47 Å². The molecule has 0 amide bonds. The van der Waals surface area contributed by atoms with Gasteiger partial charge in [0.15, 0.2) is 17.1 Å². The fourth-order valence-electron chi connectivity index (χ4n) is 5.17. The highest BCUT2D eigenvalue weighted by Gasteiger charge is 2.48. The molecule has 34 heavy (non-hydrogen) atoms. The van der Waals surface area contributed by atoms with E-state index in [1.807, 2.05) is 18.2 Å². The van der Waals surface area contributed by atoms with E-state index in [-0.39, 0.29) is 10.8 Å². The quantitative estimate of drug-likeness (QED) is 0.367. The fraction of sp³-hybridized carbons (Fsp3) is 0.458. The molecule has 180 valence electrons. The summed E-state index contributed by atoms with van der Waals surface area (Å²) in [5, 5.41) is 8.88. The number of nitrogens with zero attached hydrogens (tertiary/aromatic N) is 5. The Kier molecular flexibility index (Phi) is 5.70. The first kappa shape index (κ1) is 22.9. The van der Waals surface area contributed by atoms with Gasteiger partial charge in [0, 0.05) is 38.7 Å². The molecule has 10 heteroatoms. The summed E-state index contributed by atoms with van der Waals surface area (Å²) in [6.45, 7) is 6.60. The lowest BCUT2D eigenvalue weighted by molar-refractivity contribution is -0.217. The maximum atomic E-state index is 13.4. The zero-order valence-corrected chi connectivity index (χ0v) is 20.6. The smallest absolute Gasteiger partial charge is 0.269 e. The molecule has 0 aliphatic heterocycles. The Morgan fingerprint density at radius 1 is 1.12 bits per heavy atom. The van der Waals surface area contributed by atoms with E-state index in [0.29, 0.717) is 35.8 Å². The first-order valence-corrected chi connectivity index (χ1v) is 13.0. The van der Waals surface area contributed by atoms with Crippen LogP contribution in [0.25, 0.3) is 16.8 Å². The van der Waals surface area contributed by atoms with E-state index in [1.165, 1.54) is 3.97 Å². The van der Waals surface area contributed by atoms with Crippen LogP contribution in [0.2, 0.25) is 0 Å². The molecule has 4 aromatic rings. The van der Waals surface area contributed by atoms with Gasteiger partial charge in [-0.25, -0.2) is 17.4 Å². The van der Waals surface area contributed by atoms with Crippen molar-refractivity contribution in [3.05, 3.63) is 54.1 Å². The third-order valence-corrected chi connectivity index (χ3v) is 8.63. The van der Waals surface area contributed by atoms with Gasteiger partial charge in [-0.3, -0.25) is 4.40 Å². The van der Waals surface area contributed by atoms with Gasteiger partial charge >= 0.3 is 0 Å². The predicted molar refractivity (Wildman–Crippen MR) is 127 cm³/mol. The molecule has 0 spiro atoms. The highest BCUT2D eigenvalue weighted by Crippen LogP contribution is 2.48. The van der Waals surface area contributed by atoms with E-state index in [2.05, 4.69) is 22.1 Å². The van der Waals surface area contributed by atoms with E-state index in [1.54, 1.807) is 49.8 Å². The first-order valence-electron chi connectivity index (χ1n) is 11.6. The van der Waals surface area contributed by atoms with Crippen LogP contribution in [0.4, 0.5) is 0 Å². The van der Waals surface area contributed by atoms with Crippen molar-refractivity contribution in [3.8, 4) is 0 Å². The van der Waals surface area contributed by atoms with Gasteiger partial charge in [0.25, 0.3) is 10.0 Å². The van der Waals surface area contributed by atoms with Crippen molar-refractivity contribution in [3.63, 3.8) is 0 Å². The normalized spacial score (nSPS) is 23.3. The molecule has 1 saturated carbocycles. The molecule has 5 rings (SSSR count). The number of hydrogen-bond acceptors (Lipinski definition) is 7. The molecule has 1 aliphatic carbocycles. The fourth-order valence-corrected chi connectivity index (χ4v) is 6.47. The summed E-state index contributed by atoms with van der Waals surface area (Å²) in [7, 11) is -2.12. The molecule has 0 bridgehead atoms. The molecular weight excluding hydrogens is 454 g/mol. The Bertz CT molecular complexity index is 1440. The van der Waals surface area contributed by atoms with Crippen LogP contribution in [0.3, 0.4) is 0 Å². The Morgan fingerprint density at radius 2 is 1.88 bits per heavy atom. The minimum Gasteiger partial charge on any atom is -0.353 e. The minimum absolute atomic E-state index is 0.0501. The third kappa shape index (κ3) is 3.52. The highest BCUT2D eigenvalue weighted by atomic mass is 32.2. The largest absolute Gasteiger partial charge is 0.353 e. The molecular formula is C24H29N5O4S. The van der Waals surface area contributed by atoms with Crippen molar-refractivity contribution < 1.29 is 17.9 Å². The second-order valence-electron chi connectivity index (χ2n) is 8.88. The van der Waals surface area contributed by atoms with E-state index in [0.717, 1.165) is 24.2 Å². The van der Waals surface area contributed by atoms with Gasteiger partial charge in [-0.05, 0) is 38.0 Å². The molecule has 3 unspecified atom stereocenters. The maximum absolute atomic E-state index is 13.4. The van der Waals surface area contributed by atoms with Crippen LogP contribution in [0.15, 0.2) is 47.6 Å². The molecule has 0 radical (unpaired) electrons. The van der Waals surface area contributed by atoms with Crippen molar-refractivity contribution in [2.75, 3.05) is 13.7 Å². The lowest BCUT2D eigenvalue weighted by Crippen LogP contribution is -2.32. The predicted octanol–water partition coefficient (Wildman–Crippen LogP) is 3.91. The van der Waals surface area contributed by atoms with Crippen molar-refractivity contribution in [2.24, 2.45) is 5.92 Å². The molecule has 3 heterocycles. The number of fused-ring (bicyclic) bond motifs is 3. The van der Waals surface area contributed by atoms with E-state index >= 15 is 0 Å². The summed E-state index contributed by atoms with van der Waals surface area (Å²) in [6, 6.07) is 8.56. The van der Waals surface area contributed by atoms with Gasteiger partial charge in [0.1, 0.15) is 5.82 Å². The molecule has 1 fully saturated rings. The molecule has 0 saturated heterocycles. The van der Waals surface area contributed by atoms with Crippen LogP contribution in [-0.4, -0.2) is 51.5 Å². The summed E-state index contributed by atoms with van der Waals surface area (Å²) in [5.74, 6) is 0.465. The molecule has 3 atom stereocenters. The van der Waals surface area contributed by atoms with Gasteiger partial charge < -0.3 is 9.47 Å². The third-order valence-electron chi connectivity index (χ3n) is 6.95. The maximum Gasteiger partial charge on any atom is 0.269 e. The zero-order chi connectivity index (χ0) is 24.1. The molecule has 1 aliphatic rings. The molecule has 1 aromatic carbocycles. The van der Waals surface area contributed by atoms with Crippen LogP contribution >= 0.6 is 0 Å². The standard InChI is InChI=1S/C24H29N5O4S/c1-5-17-13-24(32-4,33-6-2)14-19(17)22-27-26-21-15-25-23-20(29(21)22)11-12-28(23)34(30,31)18-9-7-16(3)8-10-18/h7-12,15,17,19H,5-6,13-14H2,1-4H3. The van der Waals surface area contributed by atoms with Gasteiger partial charge in [-0.1, -0.05) is 31.0 Å². The topological polar surface area (TPSA) is 101 Å². The first-order chi connectivity index (χ1) is 16.3. The van der Waals surface area contributed by atoms with Gasteiger partial charge in [0.2, 0.25) is 0 Å². The Balaban J connectivity index is 1.64. The van der Waals surface area contributed by atoms with Crippen molar-refractivity contribution in [1.29, 1.82) is 0 Å². The minimum atomic E-state index is -3.81. The number of methoxy groups -OCH3 is 1. The van der Waals surface area contributed by atoms with Crippen LogP contribution in [0.1, 0.15) is 50.4 Å². The summed E-state index contributed by atoms with van der Waals surface area (Å²) < 4.78 is 41.8. The lowest BCUT2D eigenvalue weighted by atomic mass is 9.93.